The van der Waals surface area contributed by atoms with Crippen LogP contribution in [0.3, 0.4) is 0 Å². The number of aromatic nitrogens is 5. The minimum atomic E-state index is -0.126. The number of hydrogen-bond acceptors (Lipinski definition) is 3. The van der Waals surface area contributed by atoms with E-state index in [2.05, 4.69) is 423 Å². The van der Waals surface area contributed by atoms with Gasteiger partial charge in [0.1, 0.15) is 5.82 Å². The third-order valence-corrected chi connectivity index (χ3v) is 23.9. The molecule has 0 aliphatic heterocycles. The normalized spacial score (nSPS) is 12.2. The number of ether oxygens (including phenoxy) is 1. The van der Waals surface area contributed by atoms with Gasteiger partial charge >= 0.3 is 0 Å². The van der Waals surface area contributed by atoms with E-state index in [0.29, 0.717) is 17.3 Å². The van der Waals surface area contributed by atoms with Crippen molar-refractivity contribution in [3.63, 3.8) is 0 Å². The van der Waals surface area contributed by atoms with Gasteiger partial charge in [0.05, 0.1) is 23.4 Å². The Morgan fingerprint density at radius 2 is 0.736 bits per heavy atom. The molecule has 121 heavy (non-hydrogen) atoms. The van der Waals surface area contributed by atoms with Gasteiger partial charge in [-0.05, 0) is 270 Å². The van der Waals surface area contributed by atoms with Crippen LogP contribution in [0, 0.1) is 18.5 Å². The van der Waals surface area contributed by atoms with Crippen LogP contribution in [0.2, 0.25) is 0 Å². The van der Waals surface area contributed by atoms with Crippen LogP contribution in [0.15, 0.2) is 316 Å². The van der Waals surface area contributed by atoms with E-state index in [1.165, 1.54) is 122 Å². The van der Waals surface area contributed by atoms with Crippen molar-refractivity contribution in [2.45, 2.75) is 163 Å². The molecular weight excluding hydrogens is 1650 g/mol. The summed E-state index contributed by atoms with van der Waals surface area (Å²) in [6.45, 7) is 35.4. The van der Waals surface area contributed by atoms with Crippen LogP contribution in [0.1, 0.15) is 156 Å². The van der Waals surface area contributed by atoms with E-state index in [1.54, 1.807) is 6.20 Å². The summed E-state index contributed by atoms with van der Waals surface area (Å²) in [6.07, 6.45) is 11.3. The first-order chi connectivity index (χ1) is 57.6. The van der Waals surface area contributed by atoms with Crippen LogP contribution in [0.5, 0.6) is 11.5 Å². The van der Waals surface area contributed by atoms with Crippen LogP contribution < -0.4 is 9.30 Å². The van der Waals surface area contributed by atoms with E-state index in [9.17, 15) is 0 Å². The third-order valence-electron chi connectivity index (χ3n) is 23.9. The van der Waals surface area contributed by atoms with Gasteiger partial charge in [0.2, 0.25) is 6.33 Å². The maximum atomic E-state index is 6.94. The molecular formula is C114H107N5OPt-2. The zero-order valence-corrected chi connectivity index (χ0v) is 74.8. The molecule has 0 amide bonds. The molecule has 6 nitrogen and oxygen atoms in total. The molecule has 0 N–H and O–H groups in total. The molecule has 0 spiro atoms. The Bertz CT molecular complexity index is 6230. The van der Waals surface area contributed by atoms with Gasteiger partial charge in [0, 0.05) is 38.5 Å². The van der Waals surface area contributed by atoms with Crippen molar-refractivity contribution in [3.05, 3.63) is 368 Å². The van der Waals surface area contributed by atoms with E-state index in [-0.39, 0.29) is 48.1 Å². The van der Waals surface area contributed by atoms with Crippen molar-refractivity contribution >= 4 is 32.8 Å². The minimum absolute atomic E-state index is 0. The van der Waals surface area contributed by atoms with Gasteiger partial charge in [-0.25, -0.2) is 4.98 Å². The molecule has 17 aromatic rings. The molecule has 0 bridgehead atoms. The van der Waals surface area contributed by atoms with E-state index >= 15 is 0 Å². The molecule has 0 saturated heterocycles. The Morgan fingerprint density at radius 1 is 0.314 bits per heavy atom. The predicted molar refractivity (Wildman–Crippen MR) is 503 cm³/mol. The van der Waals surface area contributed by atoms with Crippen LogP contribution in [-0.4, -0.2) is 19.1 Å². The molecule has 0 unspecified atom stereocenters. The van der Waals surface area contributed by atoms with Crippen molar-refractivity contribution in [1.29, 1.82) is 0 Å². The summed E-state index contributed by atoms with van der Waals surface area (Å²) in [5.41, 5.74) is 32.9. The molecule has 0 fully saturated rings. The van der Waals surface area contributed by atoms with Crippen LogP contribution in [-0.2, 0) is 61.1 Å². The Labute approximate surface area is 731 Å². The first kappa shape index (κ1) is 82.6. The quantitative estimate of drug-likeness (QED) is 0.0460. The summed E-state index contributed by atoms with van der Waals surface area (Å²) in [6, 6.07) is 120. The molecule has 0 saturated carbocycles. The number of benzene rings is 13. The van der Waals surface area contributed by atoms with Crippen LogP contribution >= 0.6 is 0 Å². The Kier molecular flexibility index (Phi) is 22.9. The summed E-state index contributed by atoms with van der Waals surface area (Å²) >= 11 is 0. The second-order valence-corrected chi connectivity index (χ2v) is 37.8. The van der Waals surface area contributed by atoms with E-state index < -0.39 is 0 Å². The fourth-order valence-electron chi connectivity index (χ4n) is 16.9. The van der Waals surface area contributed by atoms with E-state index in [4.69, 9.17) is 14.7 Å². The average Bonchev–Trinajstić information content (AvgIpc) is 1.60. The van der Waals surface area contributed by atoms with Gasteiger partial charge in [-0.15, -0.1) is 17.5 Å². The number of fused-ring (bicyclic) bond motifs is 4. The zero-order chi connectivity index (χ0) is 83.4. The number of imidazole rings is 1. The SMILES string of the molecule is CC(C)(C)c1cc(-c2cc(-c3cc(C(C)(C)C)cc(C(C)(C)C)c3)cc(-c3ccc4c(c3)c3ccc(Oc5[c-]c(-n6[c-][n+](CCCCCc7c(-c8cc(-c9ccccc9)cc(-c9ccccc9)c8)cccc7-c7cc(-c8ccccc8)cc(-c8ccccc8)c7)c7ccccc76)ncc5)[c-]c3n4-c3cc(C(C)(C)C)ccn3)c2)cc(C(C)(C)C)c1.[Pt]. The summed E-state index contributed by atoms with van der Waals surface area (Å²) in [5, 5.41) is 2.13. The maximum Gasteiger partial charge on any atom is 0.244 e. The largest absolute Gasteiger partial charge is 0.522 e. The van der Waals surface area contributed by atoms with Crippen LogP contribution in [0.25, 0.3) is 145 Å². The molecule has 0 atom stereocenters. The van der Waals surface area contributed by atoms with Crippen molar-refractivity contribution < 1.29 is 30.4 Å². The maximum absolute atomic E-state index is 6.94. The third kappa shape index (κ3) is 17.8. The standard InChI is InChI=1S/C114H107N5O.Pt/c1-110(2,3)92-51-53-116-109(72-92)119-104-50-47-80(85-58-86(88-65-93(111(4,5)6)70-94(66-88)112(7,8)9)60-87(59-85)89-67-95(113(10,11)12)71-96(68-89)114(13,14)15)69-103(104)102-49-48-97(73-107(102)119)120-98-52-54-115-108(74-98)118-75-117(105-45-30-31-46-106(105)118)55-32-20-29-42-101-99(90-61-81(76-34-21-16-22-35-76)56-82(62-90)77-36-23-17-24-37-77)43-33-44-100(101)91-63-83(78-38-25-18-26-39-78)57-84(64-91)79-40-27-19-28-41-79;/h16-19,21-28,30-31,33-41,43-54,56-72H,20,29,32,42,55H2,1-15H3;/q-2;. The first-order valence-electron chi connectivity index (χ1n) is 42.7. The first-order valence-corrected chi connectivity index (χ1v) is 42.7. The molecule has 0 aliphatic carbocycles. The fraction of sp³-hybridized carbons (Fsp3) is 0.219. The van der Waals surface area contributed by atoms with Gasteiger partial charge in [0.25, 0.3) is 0 Å². The minimum Gasteiger partial charge on any atom is -0.522 e. The second kappa shape index (κ2) is 33.5. The number of hydrogen-bond donors (Lipinski definition) is 0. The number of rotatable bonds is 19. The van der Waals surface area contributed by atoms with Gasteiger partial charge in [-0.3, -0.25) is 0 Å². The number of pyridine rings is 2. The summed E-state index contributed by atoms with van der Waals surface area (Å²) in [5.74, 6) is 2.45. The number of para-hydroxylation sites is 2. The van der Waals surface area contributed by atoms with Gasteiger partial charge in [-0.2, -0.15) is 18.2 Å². The topological polar surface area (TPSA) is 48.8 Å². The smallest absolute Gasteiger partial charge is 0.244 e. The number of unbranched alkanes of at least 4 members (excludes halogenated alkanes) is 2. The van der Waals surface area contributed by atoms with E-state index in [1.807, 2.05) is 22.9 Å². The Morgan fingerprint density at radius 3 is 1.21 bits per heavy atom. The molecule has 4 aromatic heterocycles. The predicted octanol–water partition coefficient (Wildman–Crippen LogP) is 29.9. The number of nitrogens with zero attached hydrogens (tertiary/aromatic N) is 5. The van der Waals surface area contributed by atoms with Crippen molar-refractivity contribution in [1.82, 2.24) is 19.1 Å². The zero-order valence-electron chi connectivity index (χ0n) is 72.5. The average molecular weight is 1760 g/mol. The molecule has 0 aliphatic rings. The van der Waals surface area contributed by atoms with Crippen LogP contribution in [0.4, 0.5) is 0 Å². The monoisotopic (exact) mass is 1760 g/mol. The molecule has 606 valence electrons. The summed E-state index contributed by atoms with van der Waals surface area (Å²) in [4.78, 5) is 10.1. The molecule has 4 heterocycles. The molecule has 13 aromatic carbocycles. The molecule has 7 heteroatoms. The molecule has 0 radical (unpaired) electrons. The Balaban J connectivity index is 0.0000109. The molecule has 17 rings (SSSR count). The van der Waals surface area contributed by atoms with Gasteiger partial charge < -0.3 is 23.4 Å². The summed E-state index contributed by atoms with van der Waals surface area (Å²) < 4.78 is 13.5. The van der Waals surface area contributed by atoms with Crippen molar-refractivity contribution in [3.8, 4) is 123 Å². The number of aryl methyl sites for hydroxylation is 1. The van der Waals surface area contributed by atoms with Gasteiger partial charge in [0.15, 0.2) is 0 Å². The summed E-state index contributed by atoms with van der Waals surface area (Å²) in [7, 11) is 0. The van der Waals surface area contributed by atoms with Crippen molar-refractivity contribution in [2.24, 2.45) is 0 Å². The van der Waals surface area contributed by atoms with Crippen molar-refractivity contribution in [2.75, 3.05) is 0 Å². The van der Waals surface area contributed by atoms with Gasteiger partial charge in [-0.1, -0.05) is 328 Å². The Hall–Kier alpha value is -12.1. The van der Waals surface area contributed by atoms with E-state index in [0.717, 1.165) is 82.0 Å². The second-order valence-electron chi connectivity index (χ2n) is 37.8. The fourth-order valence-corrected chi connectivity index (χ4v) is 16.9.